The largest absolute Gasteiger partial charge is 0.0885 e. The van der Waals surface area contributed by atoms with E-state index in [4.69, 9.17) is 0 Å². The number of rotatable bonds is 0. The zero-order valence-electron chi connectivity index (χ0n) is 4.16. The summed E-state index contributed by atoms with van der Waals surface area (Å²) in [7, 11) is 0. The van der Waals surface area contributed by atoms with E-state index < -0.39 is 0 Å². The van der Waals surface area contributed by atoms with Crippen LogP contribution in [-0.2, 0) is 0 Å². The molecule has 0 bridgehead atoms. The van der Waals surface area contributed by atoms with Gasteiger partial charge in [0, 0.05) is 4.83 Å². The van der Waals surface area contributed by atoms with Gasteiger partial charge in [-0.3, -0.25) is 0 Å². The summed E-state index contributed by atoms with van der Waals surface area (Å²) in [5.74, 6) is 0. The second-order valence-electron chi connectivity index (χ2n) is 2.66. The summed E-state index contributed by atoms with van der Waals surface area (Å²) < 4.78 is 0. The molecule has 0 saturated heterocycles. The third kappa shape index (κ3) is 0.604. The summed E-state index contributed by atoms with van der Waals surface area (Å²) in [5, 5.41) is 0. The molecule has 0 spiro atoms. The first-order valence-corrected chi connectivity index (χ1v) is 3.18. The van der Waals surface area contributed by atoms with Gasteiger partial charge in [-0.05, 0) is 11.8 Å². The van der Waals surface area contributed by atoms with Crippen molar-refractivity contribution in [2.75, 3.05) is 0 Å². The molecule has 0 heterocycles. The van der Waals surface area contributed by atoms with Crippen LogP contribution in [0.2, 0.25) is 0 Å². The molecule has 1 unspecified atom stereocenters. The highest BCUT2D eigenvalue weighted by Crippen LogP contribution is 2.50. The van der Waals surface area contributed by atoms with Gasteiger partial charge in [-0.2, -0.15) is 0 Å². The lowest BCUT2D eigenvalue weighted by Crippen LogP contribution is -1.84. The molecule has 1 atom stereocenters. The van der Waals surface area contributed by atoms with Gasteiger partial charge in [-0.25, -0.2) is 0 Å². The van der Waals surface area contributed by atoms with E-state index >= 15 is 0 Å². The van der Waals surface area contributed by atoms with E-state index in [-0.39, 0.29) is 0 Å². The lowest BCUT2D eigenvalue weighted by Gasteiger charge is -1.90. The van der Waals surface area contributed by atoms with Crippen LogP contribution in [-0.4, -0.2) is 4.83 Å². The molecule has 0 aromatic carbocycles. The van der Waals surface area contributed by atoms with Gasteiger partial charge in [0.05, 0.1) is 0 Å². The quantitative estimate of drug-likeness (QED) is 0.463. The van der Waals surface area contributed by atoms with Gasteiger partial charge in [0.1, 0.15) is 0 Å². The van der Waals surface area contributed by atoms with Gasteiger partial charge in [0.25, 0.3) is 0 Å². The van der Waals surface area contributed by atoms with E-state index in [2.05, 4.69) is 29.8 Å². The second-order valence-corrected chi connectivity index (χ2v) is 3.77. The lowest BCUT2D eigenvalue weighted by molar-refractivity contribution is 0.659. The monoisotopic (exact) mass is 148 g/mol. The fourth-order valence-electron chi connectivity index (χ4n) is 0.403. The molecular formula is C5H9Br. The molecular weight excluding hydrogens is 140 g/mol. The highest BCUT2D eigenvalue weighted by molar-refractivity contribution is 9.09. The molecule has 36 valence electrons. The van der Waals surface area contributed by atoms with Crippen LogP contribution in [0.25, 0.3) is 0 Å². The van der Waals surface area contributed by atoms with Gasteiger partial charge in [-0.15, -0.1) is 0 Å². The van der Waals surface area contributed by atoms with Crippen LogP contribution in [0.5, 0.6) is 0 Å². The van der Waals surface area contributed by atoms with Gasteiger partial charge in [0.2, 0.25) is 0 Å². The Balaban J connectivity index is 2.41. The third-order valence-electron chi connectivity index (χ3n) is 1.39. The molecule has 1 heteroatoms. The Bertz CT molecular complexity index is 66.3. The van der Waals surface area contributed by atoms with Gasteiger partial charge >= 0.3 is 0 Å². The van der Waals surface area contributed by atoms with Crippen molar-refractivity contribution < 1.29 is 0 Å². The third-order valence-corrected chi connectivity index (χ3v) is 2.96. The molecule has 0 aliphatic heterocycles. The van der Waals surface area contributed by atoms with Crippen LogP contribution in [0.3, 0.4) is 0 Å². The van der Waals surface area contributed by atoms with Crippen molar-refractivity contribution in [1.82, 2.24) is 0 Å². The Hall–Kier alpha value is 0.480. The Kier molecular flexibility index (Phi) is 0.773. The summed E-state index contributed by atoms with van der Waals surface area (Å²) >= 11 is 3.50. The minimum Gasteiger partial charge on any atom is -0.0885 e. The molecule has 0 radical (unpaired) electrons. The fraction of sp³-hybridized carbons (Fsp3) is 1.00. The van der Waals surface area contributed by atoms with Crippen molar-refractivity contribution in [2.24, 2.45) is 5.41 Å². The van der Waals surface area contributed by atoms with E-state index in [1.807, 2.05) is 0 Å². The summed E-state index contributed by atoms with van der Waals surface area (Å²) in [6, 6.07) is 0. The van der Waals surface area contributed by atoms with Crippen molar-refractivity contribution in [2.45, 2.75) is 25.1 Å². The van der Waals surface area contributed by atoms with Crippen molar-refractivity contribution in [1.29, 1.82) is 0 Å². The summed E-state index contributed by atoms with van der Waals surface area (Å²) in [5.41, 5.74) is 0.625. The normalized spacial score (nSPS) is 39.5. The van der Waals surface area contributed by atoms with Crippen LogP contribution in [0.4, 0.5) is 0 Å². The van der Waals surface area contributed by atoms with Crippen LogP contribution in [0, 0.1) is 5.41 Å². The van der Waals surface area contributed by atoms with Gasteiger partial charge in [-0.1, -0.05) is 29.8 Å². The highest BCUT2D eigenvalue weighted by atomic mass is 79.9. The van der Waals surface area contributed by atoms with Crippen molar-refractivity contribution in [3.05, 3.63) is 0 Å². The molecule has 1 saturated carbocycles. The van der Waals surface area contributed by atoms with E-state index in [0.717, 1.165) is 4.83 Å². The number of hydrogen-bond acceptors (Lipinski definition) is 0. The number of halogens is 1. The van der Waals surface area contributed by atoms with E-state index in [0.29, 0.717) is 5.41 Å². The molecule has 1 aliphatic carbocycles. The van der Waals surface area contributed by atoms with Gasteiger partial charge in [0.15, 0.2) is 0 Å². The SMILES string of the molecule is CC1(C)CC1Br. The van der Waals surface area contributed by atoms with Crippen molar-refractivity contribution >= 4 is 15.9 Å². The zero-order chi connectivity index (χ0) is 4.78. The Labute approximate surface area is 47.1 Å². The summed E-state index contributed by atoms with van der Waals surface area (Å²) in [6.45, 7) is 4.54. The predicted octanol–water partition coefficient (Wildman–Crippen LogP) is 2.18. The number of alkyl halides is 1. The average molecular weight is 149 g/mol. The van der Waals surface area contributed by atoms with Crippen LogP contribution in [0.1, 0.15) is 20.3 Å². The predicted molar refractivity (Wildman–Crippen MR) is 31.1 cm³/mol. The standard InChI is InChI=1S/C5H9Br/c1-5(2)3-4(5)6/h4H,3H2,1-2H3. The Morgan fingerprint density at radius 3 is 1.83 bits per heavy atom. The van der Waals surface area contributed by atoms with Crippen LogP contribution in [0.15, 0.2) is 0 Å². The number of hydrogen-bond donors (Lipinski definition) is 0. The van der Waals surface area contributed by atoms with Crippen molar-refractivity contribution in [3.8, 4) is 0 Å². The molecule has 6 heavy (non-hydrogen) atoms. The van der Waals surface area contributed by atoms with E-state index in [1.165, 1.54) is 6.42 Å². The topological polar surface area (TPSA) is 0 Å². The smallest absolute Gasteiger partial charge is 0.0202 e. The van der Waals surface area contributed by atoms with E-state index in [9.17, 15) is 0 Å². The fourth-order valence-corrected chi connectivity index (χ4v) is 1.24. The van der Waals surface area contributed by atoms with Crippen LogP contribution < -0.4 is 0 Å². The minimum atomic E-state index is 0.625. The molecule has 0 amide bonds. The molecule has 0 aromatic heterocycles. The first kappa shape index (κ1) is 4.63. The summed E-state index contributed by atoms with van der Waals surface area (Å²) in [6.07, 6.45) is 1.35. The molecule has 0 aromatic rings. The Morgan fingerprint density at radius 1 is 1.67 bits per heavy atom. The molecule has 1 fully saturated rings. The first-order chi connectivity index (χ1) is 2.63. The second kappa shape index (κ2) is 1.00. The molecule has 1 rings (SSSR count). The van der Waals surface area contributed by atoms with Crippen LogP contribution >= 0.6 is 15.9 Å². The van der Waals surface area contributed by atoms with Crippen molar-refractivity contribution in [3.63, 3.8) is 0 Å². The summed E-state index contributed by atoms with van der Waals surface area (Å²) in [4.78, 5) is 0.810. The Morgan fingerprint density at radius 2 is 1.83 bits per heavy atom. The first-order valence-electron chi connectivity index (χ1n) is 2.27. The molecule has 1 aliphatic rings. The zero-order valence-corrected chi connectivity index (χ0v) is 5.75. The lowest BCUT2D eigenvalue weighted by atomic mass is 10.2. The average Bonchev–Trinajstić information content (AvgIpc) is 1.73. The maximum atomic E-state index is 3.50. The maximum Gasteiger partial charge on any atom is 0.0202 e. The highest BCUT2D eigenvalue weighted by Gasteiger charge is 2.43. The molecule has 0 nitrogen and oxygen atoms in total. The maximum absolute atomic E-state index is 3.50. The van der Waals surface area contributed by atoms with E-state index in [1.54, 1.807) is 0 Å². The minimum absolute atomic E-state index is 0.625. The molecule has 0 N–H and O–H groups in total. The van der Waals surface area contributed by atoms with Gasteiger partial charge < -0.3 is 0 Å².